The van der Waals surface area contributed by atoms with Crippen molar-refractivity contribution in [3.8, 4) is 0 Å². The minimum absolute atomic E-state index is 0.130. The predicted octanol–water partition coefficient (Wildman–Crippen LogP) is -0.697. The monoisotopic (exact) mass is 158 g/mol. The highest BCUT2D eigenvalue weighted by molar-refractivity contribution is 5.82. The highest BCUT2D eigenvalue weighted by Gasteiger charge is 2.11. The van der Waals surface area contributed by atoms with E-state index in [4.69, 9.17) is 10.2 Å². The molecule has 6 heteroatoms. The molecule has 0 bridgehead atoms. The number of nitrogens with zero attached hydrogens (tertiary/aromatic N) is 2. The van der Waals surface area contributed by atoms with E-state index < -0.39 is 5.97 Å². The molecule has 2 N–H and O–H groups in total. The number of aromatic carboxylic acids is 1. The van der Waals surface area contributed by atoms with Crippen LogP contribution < -0.4 is 0 Å². The fourth-order valence-corrected chi connectivity index (χ4v) is 0.539. The fraction of sp³-hybridized carbons (Fsp3) is 0.400. The summed E-state index contributed by atoms with van der Waals surface area (Å²) in [7, 11) is 0. The van der Waals surface area contributed by atoms with Crippen LogP contribution in [0.5, 0.6) is 0 Å². The summed E-state index contributed by atoms with van der Waals surface area (Å²) in [4.78, 5) is 13.6. The summed E-state index contributed by atoms with van der Waals surface area (Å²) in [6.45, 7) is -0.138. The third kappa shape index (κ3) is 1.74. The predicted molar refractivity (Wildman–Crippen MR) is 32.0 cm³/mol. The van der Waals surface area contributed by atoms with Crippen molar-refractivity contribution in [2.75, 3.05) is 6.61 Å². The molecule has 11 heavy (non-hydrogen) atoms. The molecule has 1 aromatic rings. The van der Waals surface area contributed by atoms with Crippen molar-refractivity contribution in [3.05, 3.63) is 11.7 Å². The van der Waals surface area contributed by atoms with Crippen LogP contribution in [0, 0.1) is 0 Å². The SMILES string of the molecule is O=C(O)c1noc(CCO)n1. The van der Waals surface area contributed by atoms with Crippen LogP contribution in [0.1, 0.15) is 16.5 Å². The van der Waals surface area contributed by atoms with E-state index in [0.29, 0.717) is 0 Å². The van der Waals surface area contributed by atoms with Crippen LogP contribution in [0.2, 0.25) is 0 Å². The molecular formula is C5H6N2O4. The van der Waals surface area contributed by atoms with Gasteiger partial charge in [-0.25, -0.2) is 4.79 Å². The number of aliphatic hydroxyl groups is 1. The maximum atomic E-state index is 10.2. The van der Waals surface area contributed by atoms with Gasteiger partial charge in [-0.1, -0.05) is 0 Å². The van der Waals surface area contributed by atoms with Crippen molar-refractivity contribution >= 4 is 5.97 Å². The van der Waals surface area contributed by atoms with Crippen molar-refractivity contribution in [1.29, 1.82) is 0 Å². The average molecular weight is 158 g/mol. The Morgan fingerprint density at radius 1 is 1.64 bits per heavy atom. The Kier molecular flexibility index (Phi) is 2.17. The number of rotatable bonds is 3. The Morgan fingerprint density at radius 3 is 2.82 bits per heavy atom. The summed E-state index contributed by atoms with van der Waals surface area (Å²) in [5.74, 6) is -1.49. The van der Waals surface area contributed by atoms with Gasteiger partial charge < -0.3 is 14.7 Å². The summed E-state index contributed by atoms with van der Waals surface area (Å²) >= 11 is 0. The lowest BCUT2D eigenvalue weighted by Gasteiger charge is -1.82. The standard InChI is InChI=1S/C5H6N2O4/c8-2-1-3-6-4(5(9)10)7-11-3/h8H,1-2H2,(H,9,10). The van der Waals surface area contributed by atoms with Gasteiger partial charge in [0.25, 0.3) is 5.82 Å². The Morgan fingerprint density at radius 2 is 2.36 bits per heavy atom. The van der Waals surface area contributed by atoms with Crippen LogP contribution in [0.3, 0.4) is 0 Å². The van der Waals surface area contributed by atoms with Crippen molar-refractivity contribution < 1.29 is 19.5 Å². The molecule has 0 aliphatic heterocycles. The number of hydrogen-bond acceptors (Lipinski definition) is 5. The van der Waals surface area contributed by atoms with E-state index >= 15 is 0 Å². The molecule has 0 aliphatic carbocycles. The number of carbonyl (C=O) groups is 1. The molecular weight excluding hydrogens is 152 g/mol. The Balaban J connectivity index is 2.73. The van der Waals surface area contributed by atoms with E-state index in [1.54, 1.807) is 0 Å². The van der Waals surface area contributed by atoms with E-state index in [1.807, 2.05) is 0 Å². The van der Waals surface area contributed by atoms with Crippen LogP contribution in [-0.4, -0.2) is 32.9 Å². The highest BCUT2D eigenvalue weighted by Crippen LogP contribution is 1.96. The lowest BCUT2D eigenvalue weighted by atomic mass is 10.4. The summed E-state index contributed by atoms with van der Waals surface area (Å²) in [6.07, 6.45) is 0.181. The second kappa shape index (κ2) is 3.11. The molecule has 0 unspecified atom stereocenters. The van der Waals surface area contributed by atoms with E-state index in [1.165, 1.54) is 0 Å². The quantitative estimate of drug-likeness (QED) is 0.603. The number of aliphatic hydroxyl groups excluding tert-OH is 1. The van der Waals surface area contributed by atoms with E-state index in [2.05, 4.69) is 14.7 Å². The first-order chi connectivity index (χ1) is 5.24. The molecule has 0 saturated carbocycles. The minimum atomic E-state index is -1.24. The first-order valence-electron chi connectivity index (χ1n) is 2.91. The number of aromatic nitrogens is 2. The molecule has 6 nitrogen and oxygen atoms in total. The second-order valence-electron chi connectivity index (χ2n) is 1.79. The van der Waals surface area contributed by atoms with Gasteiger partial charge in [0.1, 0.15) is 0 Å². The van der Waals surface area contributed by atoms with Gasteiger partial charge in [0.2, 0.25) is 5.89 Å². The Hall–Kier alpha value is -1.43. The van der Waals surface area contributed by atoms with Crippen molar-refractivity contribution in [3.63, 3.8) is 0 Å². The maximum absolute atomic E-state index is 10.2. The lowest BCUT2D eigenvalue weighted by Crippen LogP contribution is -1.99. The van der Waals surface area contributed by atoms with E-state index in [0.717, 1.165) is 0 Å². The summed E-state index contributed by atoms with van der Waals surface area (Å²) in [5, 5.41) is 19.8. The molecule has 1 aromatic heterocycles. The van der Waals surface area contributed by atoms with Crippen molar-refractivity contribution in [2.45, 2.75) is 6.42 Å². The Bertz CT molecular complexity index is 257. The summed E-state index contributed by atoms with van der Waals surface area (Å²) in [5.41, 5.74) is 0. The molecule has 0 fully saturated rings. The third-order valence-corrected chi connectivity index (χ3v) is 0.985. The molecule has 0 atom stereocenters. The van der Waals surface area contributed by atoms with Crippen LogP contribution in [0.15, 0.2) is 4.52 Å². The van der Waals surface area contributed by atoms with Gasteiger partial charge in [-0.3, -0.25) is 0 Å². The second-order valence-corrected chi connectivity index (χ2v) is 1.79. The topological polar surface area (TPSA) is 96.5 Å². The van der Waals surface area contributed by atoms with Gasteiger partial charge in [-0.15, -0.1) is 0 Å². The molecule has 0 aromatic carbocycles. The normalized spacial score (nSPS) is 9.91. The van der Waals surface area contributed by atoms with Gasteiger partial charge >= 0.3 is 5.97 Å². The molecule has 0 aliphatic rings. The smallest absolute Gasteiger partial charge is 0.377 e. The van der Waals surface area contributed by atoms with Gasteiger partial charge in [-0.2, -0.15) is 4.98 Å². The molecule has 0 saturated heterocycles. The highest BCUT2D eigenvalue weighted by atomic mass is 16.5. The zero-order valence-corrected chi connectivity index (χ0v) is 5.52. The molecule has 0 radical (unpaired) electrons. The van der Waals surface area contributed by atoms with Gasteiger partial charge in [-0.05, 0) is 5.16 Å². The number of carboxylic acid groups (broad SMARTS) is 1. The lowest BCUT2D eigenvalue weighted by molar-refractivity contribution is 0.0680. The number of carboxylic acids is 1. The van der Waals surface area contributed by atoms with Crippen molar-refractivity contribution in [1.82, 2.24) is 10.1 Å². The molecule has 1 rings (SSSR count). The largest absolute Gasteiger partial charge is 0.475 e. The Labute approximate surface area is 61.5 Å². The molecule has 1 heterocycles. The molecule has 0 spiro atoms. The van der Waals surface area contributed by atoms with E-state index in [9.17, 15) is 4.79 Å². The maximum Gasteiger partial charge on any atom is 0.377 e. The van der Waals surface area contributed by atoms with Crippen LogP contribution >= 0.6 is 0 Å². The zero-order chi connectivity index (χ0) is 8.27. The van der Waals surface area contributed by atoms with Gasteiger partial charge in [0, 0.05) is 0 Å². The van der Waals surface area contributed by atoms with Crippen molar-refractivity contribution in [2.24, 2.45) is 0 Å². The average Bonchev–Trinajstić information content (AvgIpc) is 2.37. The summed E-state index contributed by atoms with van der Waals surface area (Å²) < 4.78 is 4.46. The minimum Gasteiger partial charge on any atom is -0.475 e. The zero-order valence-electron chi connectivity index (χ0n) is 5.52. The van der Waals surface area contributed by atoms with E-state index in [-0.39, 0.29) is 24.7 Å². The van der Waals surface area contributed by atoms with Crippen LogP contribution in [0.4, 0.5) is 0 Å². The number of hydrogen-bond donors (Lipinski definition) is 2. The van der Waals surface area contributed by atoms with Crippen LogP contribution in [0.25, 0.3) is 0 Å². The first kappa shape index (κ1) is 7.67. The first-order valence-corrected chi connectivity index (χ1v) is 2.91. The third-order valence-electron chi connectivity index (χ3n) is 0.985. The summed E-state index contributed by atoms with van der Waals surface area (Å²) in [6, 6.07) is 0. The molecule has 0 amide bonds. The van der Waals surface area contributed by atoms with Gasteiger partial charge in [0.15, 0.2) is 0 Å². The molecule has 60 valence electrons. The van der Waals surface area contributed by atoms with Crippen LogP contribution in [-0.2, 0) is 6.42 Å². The van der Waals surface area contributed by atoms with Gasteiger partial charge in [0.05, 0.1) is 13.0 Å². The fourth-order valence-electron chi connectivity index (χ4n) is 0.539.